The van der Waals surface area contributed by atoms with Gasteiger partial charge >= 0.3 is 12.4 Å². The first-order chi connectivity index (χ1) is 16.0. The average Bonchev–Trinajstić information content (AvgIpc) is 2.72. The Morgan fingerprint density at radius 2 is 1.43 bits per heavy atom. The molecular formula is C22H20ClF6N3O2S. The highest BCUT2D eigenvalue weighted by Crippen LogP contribution is 2.38. The summed E-state index contributed by atoms with van der Waals surface area (Å²) >= 11 is 5.77. The van der Waals surface area contributed by atoms with E-state index < -0.39 is 55.8 Å². The molecule has 0 bridgehead atoms. The van der Waals surface area contributed by atoms with Crippen molar-refractivity contribution in [1.29, 1.82) is 5.26 Å². The van der Waals surface area contributed by atoms with E-state index in [4.69, 9.17) is 11.6 Å². The van der Waals surface area contributed by atoms with E-state index in [1.54, 1.807) is 20.8 Å². The lowest BCUT2D eigenvalue weighted by molar-refractivity contribution is -0.143. The highest BCUT2D eigenvalue weighted by Gasteiger charge is 2.37. The summed E-state index contributed by atoms with van der Waals surface area (Å²) in [6, 6.07) is 6.42. The van der Waals surface area contributed by atoms with Crippen LogP contribution in [0, 0.1) is 17.2 Å². The van der Waals surface area contributed by atoms with Crippen LogP contribution >= 0.6 is 11.6 Å². The molecule has 0 saturated carbocycles. The number of hydrogen-bond donors (Lipinski definition) is 2. The zero-order valence-corrected chi connectivity index (χ0v) is 20.1. The fourth-order valence-electron chi connectivity index (χ4n) is 2.71. The minimum atomic E-state index is -5.12. The predicted octanol–water partition coefficient (Wildman–Crippen LogP) is 6.59. The highest BCUT2D eigenvalue weighted by atomic mass is 35.5. The number of benzene rings is 2. The Kier molecular flexibility index (Phi) is 8.40. The number of rotatable bonds is 7. The summed E-state index contributed by atoms with van der Waals surface area (Å²) in [4.78, 5) is -1.28. The zero-order valence-electron chi connectivity index (χ0n) is 18.5. The van der Waals surface area contributed by atoms with Gasteiger partial charge in [-0.05, 0) is 55.3 Å². The average molecular weight is 540 g/mol. The van der Waals surface area contributed by atoms with Crippen molar-refractivity contribution in [3.63, 3.8) is 0 Å². The molecule has 5 nitrogen and oxygen atoms in total. The minimum Gasteiger partial charge on any atom is -0.367 e. The second-order valence-electron chi connectivity index (χ2n) is 7.87. The molecule has 0 aliphatic rings. The second kappa shape index (κ2) is 10.4. The number of allylic oxidation sites excluding steroid dienone is 1. The molecule has 0 radical (unpaired) electrons. The molecule has 0 fully saturated rings. The van der Waals surface area contributed by atoms with Crippen LogP contribution in [0.3, 0.4) is 0 Å². The number of anilines is 1. The third-order valence-corrected chi connectivity index (χ3v) is 6.93. The van der Waals surface area contributed by atoms with E-state index in [0.29, 0.717) is 12.1 Å². The van der Waals surface area contributed by atoms with Crippen molar-refractivity contribution in [1.82, 2.24) is 5.32 Å². The summed E-state index contributed by atoms with van der Waals surface area (Å²) in [5, 5.41) is 14.9. The van der Waals surface area contributed by atoms with Crippen LogP contribution in [0.1, 0.15) is 31.9 Å². The minimum absolute atomic E-state index is 0.0611. The Labute approximate surface area is 203 Å². The number of sulfone groups is 1. The SMILES string of the molecule is CC(C)[C@H](C)NC(Nc1cc(C(F)(F)F)cc(C(F)(F)F)c1)=C(C#N)S(=O)(=O)c1ccc(Cl)cc1. The molecule has 190 valence electrons. The lowest BCUT2D eigenvalue weighted by atomic mass is 10.1. The molecule has 35 heavy (non-hydrogen) atoms. The molecular weight excluding hydrogens is 520 g/mol. The normalized spacial score (nSPS) is 14.2. The molecule has 2 aromatic carbocycles. The van der Waals surface area contributed by atoms with E-state index in [0.717, 1.165) is 12.1 Å². The molecule has 0 aliphatic carbocycles. The third-order valence-electron chi connectivity index (χ3n) is 4.95. The quantitative estimate of drug-likeness (QED) is 0.306. The van der Waals surface area contributed by atoms with Crippen LogP contribution in [0.2, 0.25) is 5.02 Å². The van der Waals surface area contributed by atoms with Crippen LogP contribution in [-0.2, 0) is 22.2 Å². The molecule has 0 amide bonds. The van der Waals surface area contributed by atoms with Crippen molar-refractivity contribution >= 4 is 27.1 Å². The number of nitrogens with one attached hydrogen (secondary N) is 2. The van der Waals surface area contributed by atoms with Gasteiger partial charge in [-0.15, -0.1) is 0 Å². The Morgan fingerprint density at radius 1 is 0.943 bits per heavy atom. The fraction of sp³-hybridized carbons (Fsp3) is 0.318. The van der Waals surface area contributed by atoms with Gasteiger partial charge in [0.2, 0.25) is 9.84 Å². The van der Waals surface area contributed by atoms with Crippen LogP contribution in [-0.4, -0.2) is 14.5 Å². The molecule has 0 unspecified atom stereocenters. The third kappa shape index (κ3) is 7.05. The molecule has 2 aromatic rings. The number of alkyl halides is 6. The first-order valence-electron chi connectivity index (χ1n) is 9.95. The number of halogens is 7. The molecule has 0 saturated heterocycles. The van der Waals surface area contributed by atoms with Crippen molar-refractivity contribution in [2.75, 3.05) is 5.32 Å². The maximum absolute atomic E-state index is 13.3. The van der Waals surface area contributed by atoms with Gasteiger partial charge in [-0.25, -0.2) is 8.42 Å². The van der Waals surface area contributed by atoms with Crippen molar-refractivity contribution in [2.24, 2.45) is 5.92 Å². The maximum atomic E-state index is 13.3. The van der Waals surface area contributed by atoms with Crippen LogP contribution in [0.5, 0.6) is 0 Å². The van der Waals surface area contributed by atoms with Crippen LogP contribution in [0.4, 0.5) is 32.0 Å². The van der Waals surface area contributed by atoms with Gasteiger partial charge in [-0.1, -0.05) is 25.4 Å². The van der Waals surface area contributed by atoms with Gasteiger partial charge in [0.05, 0.1) is 16.0 Å². The molecule has 0 aromatic heterocycles. The molecule has 0 aliphatic heterocycles. The van der Waals surface area contributed by atoms with E-state index in [1.165, 1.54) is 18.2 Å². The lowest BCUT2D eigenvalue weighted by Gasteiger charge is -2.24. The van der Waals surface area contributed by atoms with Crippen LogP contribution in [0.15, 0.2) is 58.1 Å². The van der Waals surface area contributed by atoms with Crippen molar-refractivity contribution < 1.29 is 34.8 Å². The number of hydrogen-bond acceptors (Lipinski definition) is 5. The van der Waals surface area contributed by atoms with Gasteiger partial charge in [0.25, 0.3) is 0 Å². The Bertz CT molecular complexity index is 1220. The molecule has 1 atom stereocenters. The van der Waals surface area contributed by atoms with E-state index >= 15 is 0 Å². The van der Waals surface area contributed by atoms with Gasteiger partial charge in [0.1, 0.15) is 11.9 Å². The first-order valence-corrected chi connectivity index (χ1v) is 11.8. The Balaban J connectivity index is 2.76. The summed E-state index contributed by atoms with van der Waals surface area (Å²) in [6.07, 6.45) is -10.2. The van der Waals surface area contributed by atoms with Gasteiger partial charge in [-0.2, -0.15) is 31.6 Å². The topological polar surface area (TPSA) is 82.0 Å². The predicted molar refractivity (Wildman–Crippen MR) is 119 cm³/mol. The lowest BCUT2D eigenvalue weighted by Crippen LogP contribution is -2.35. The van der Waals surface area contributed by atoms with Gasteiger partial charge < -0.3 is 10.6 Å². The standard InChI is InChI=1S/C22H20ClF6N3O2S/c1-12(2)13(3)31-20(19(11-30)35(33,34)18-6-4-16(23)5-7-18)32-17-9-14(21(24,25)26)8-15(10-17)22(27,28)29/h4-10,12-13,31-32H,1-3H3/t13-/m0/s1. The van der Waals surface area contributed by atoms with Crippen molar-refractivity contribution in [2.45, 2.75) is 44.1 Å². The van der Waals surface area contributed by atoms with Crippen molar-refractivity contribution in [3.8, 4) is 6.07 Å². The molecule has 0 heterocycles. The summed E-state index contributed by atoms with van der Waals surface area (Å²) in [6.45, 7) is 5.08. The summed E-state index contributed by atoms with van der Waals surface area (Å²) < 4.78 is 106. The van der Waals surface area contributed by atoms with Crippen LogP contribution in [0.25, 0.3) is 0 Å². The number of nitriles is 1. The molecule has 2 rings (SSSR count). The second-order valence-corrected chi connectivity index (χ2v) is 10.2. The largest absolute Gasteiger partial charge is 0.416 e. The van der Waals surface area contributed by atoms with Gasteiger partial charge in [-0.3, -0.25) is 0 Å². The summed E-state index contributed by atoms with van der Waals surface area (Å²) in [7, 11) is -4.55. The van der Waals surface area contributed by atoms with E-state index in [9.17, 15) is 40.0 Å². The van der Waals surface area contributed by atoms with Crippen molar-refractivity contribution in [3.05, 3.63) is 69.3 Å². The van der Waals surface area contributed by atoms with Gasteiger partial charge in [0, 0.05) is 16.8 Å². The van der Waals surface area contributed by atoms with Crippen LogP contribution < -0.4 is 10.6 Å². The van der Waals surface area contributed by atoms with E-state index in [2.05, 4.69) is 10.6 Å². The summed E-state index contributed by atoms with van der Waals surface area (Å²) in [5.74, 6) is -0.728. The monoisotopic (exact) mass is 539 g/mol. The van der Waals surface area contributed by atoms with E-state index in [-0.39, 0.29) is 21.9 Å². The van der Waals surface area contributed by atoms with E-state index in [1.807, 2.05) is 0 Å². The highest BCUT2D eigenvalue weighted by molar-refractivity contribution is 7.95. The Morgan fingerprint density at radius 3 is 1.83 bits per heavy atom. The number of nitrogens with zero attached hydrogens (tertiary/aromatic N) is 1. The maximum Gasteiger partial charge on any atom is 0.416 e. The fourth-order valence-corrected chi connectivity index (χ4v) is 4.06. The smallest absolute Gasteiger partial charge is 0.367 e. The first kappa shape index (κ1) is 28.3. The Hall–Kier alpha value is -2.91. The molecule has 2 N–H and O–H groups in total. The zero-order chi connectivity index (χ0) is 26.8. The molecule has 13 heteroatoms. The summed E-state index contributed by atoms with van der Waals surface area (Å²) in [5.41, 5.74) is -3.93. The molecule has 0 spiro atoms. The van der Waals surface area contributed by atoms with Gasteiger partial charge in [0.15, 0.2) is 4.91 Å².